The largest absolute Gasteiger partial charge is 0.417 e. The summed E-state index contributed by atoms with van der Waals surface area (Å²) in [7, 11) is 0. The molecule has 1 rings (SSSR count). The van der Waals surface area contributed by atoms with Crippen molar-refractivity contribution < 1.29 is 18.3 Å². The average Bonchev–Trinajstić information content (AvgIpc) is 2.06. The topological polar surface area (TPSA) is 33.1 Å². The predicted octanol–water partition coefficient (Wildman–Crippen LogP) is 2.68. The van der Waals surface area contributed by atoms with E-state index < -0.39 is 17.8 Å². The van der Waals surface area contributed by atoms with Crippen molar-refractivity contribution in [1.82, 2.24) is 4.98 Å². The fourth-order valence-electron chi connectivity index (χ4n) is 1.11. The highest BCUT2D eigenvalue weighted by atomic mass is 35.5. The zero-order valence-corrected chi connectivity index (χ0v) is 8.60. The normalized spacial score (nSPS) is 14.0. The van der Waals surface area contributed by atoms with Gasteiger partial charge in [0.25, 0.3) is 0 Å². The van der Waals surface area contributed by atoms with Crippen molar-refractivity contribution in [2.75, 3.05) is 0 Å². The van der Waals surface area contributed by atoms with E-state index in [9.17, 15) is 13.2 Å². The van der Waals surface area contributed by atoms with Gasteiger partial charge in [-0.1, -0.05) is 11.6 Å². The van der Waals surface area contributed by atoms with Crippen molar-refractivity contribution >= 4 is 11.6 Å². The van der Waals surface area contributed by atoms with Crippen LogP contribution in [0.5, 0.6) is 0 Å². The van der Waals surface area contributed by atoms with Gasteiger partial charge in [0, 0.05) is 12.6 Å². The Labute approximate surface area is 89.7 Å². The van der Waals surface area contributed by atoms with Gasteiger partial charge in [-0.15, -0.1) is 0 Å². The molecular formula is C9H9ClF3NO. The van der Waals surface area contributed by atoms with Gasteiger partial charge >= 0.3 is 6.18 Å². The number of pyridine rings is 1. The van der Waals surface area contributed by atoms with E-state index in [1.54, 1.807) is 0 Å². The average molecular weight is 240 g/mol. The van der Waals surface area contributed by atoms with Crippen LogP contribution in [0.2, 0.25) is 5.15 Å². The van der Waals surface area contributed by atoms with Gasteiger partial charge in [-0.05, 0) is 18.6 Å². The standard InChI is InChI=1S/C9H9ClF3NO/c1-5(15)2-6-3-7(9(11,12)13)4-14-8(6)10/h3-5,15H,2H2,1H3/t5-/m1/s1. The van der Waals surface area contributed by atoms with Crippen molar-refractivity contribution in [3.8, 4) is 0 Å². The molecule has 0 radical (unpaired) electrons. The molecule has 0 aliphatic carbocycles. The van der Waals surface area contributed by atoms with E-state index >= 15 is 0 Å². The maximum atomic E-state index is 12.3. The fourth-order valence-corrected chi connectivity index (χ4v) is 1.29. The molecule has 1 aromatic heterocycles. The highest BCUT2D eigenvalue weighted by molar-refractivity contribution is 6.30. The van der Waals surface area contributed by atoms with Gasteiger partial charge < -0.3 is 5.11 Å². The lowest BCUT2D eigenvalue weighted by Gasteiger charge is -2.10. The molecule has 0 aliphatic rings. The monoisotopic (exact) mass is 239 g/mol. The van der Waals surface area contributed by atoms with Crippen LogP contribution in [-0.2, 0) is 12.6 Å². The molecular weight excluding hydrogens is 231 g/mol. The molecule has 0 fully saturated rings. The van der Waals surface area contributed by atoms with Gasteiger partial charge in [0.1, 0.15) is 5.15 Å². The molecule has 0 saturated carbocycles. The molecule has 0 spiro atoms. The van der Waals surface area contributed by atoms with Gasteiger partial charge in [-0.2, -0.15) is 13.2 Å². The lowest BCUT2D eigenvalue weighted by molar-refractivity contribution is -0.137. The van der Waals surface area contributed by atoms with Crippen LogP contribution in [0.15, 0.2) is 12.3 Å². The Hall–Kier alpha value is -0.810. The molecule has 6 heteroatoms. The first kappa shape index (κ1) is 12.3. The number of hydrogen-bond donors (Lipinski definition) is 1. The number of rotatable bonds is 2. The summed E-state index contributed by atoms with van der Waals surface area (Å²) in [4.78, 5) is 3.43. The van der Waals surface area contributed by atoms with E-state index in [0.29, 0.717) is 6.20 Å². The molecule has 1 aromatic rings. The summed E-state index contributed by atoms with van der Waals surface area (Å²) in [6.07, 6.45) is -4.47. The second-order valence-electron chi connectivity index (χ2n) is 3.22. The SMILES string of the molecule is C[C@@H](O)Cc1cc(C(F)(F)F)cnc1Cl. The molecule has 15 heavy (non-hydrogen) atoms. The van der Waals surface area contributed by atoms with E-state index in [1.165, 1.54) is 6.92 Å². The maximum Gasteiger partial charge on any atom is 0.417 e. The van der Waals surface area contributed by atoms with Crippen molar-refractivity contribution in [1.29, 1.82) is 0 Å². The number of nitrogens with zero attached hydrogens (tertiary/aromatic N) is 1. The smallest absolute Gasteiger partial charge is 0.393 e. The number of aromatic nitrogens is 1. The van der Waals surface area contributed by atoms with Crippen LogP contribution in [0.25, 0.3) is 0 Å². The van der Waals surface area contributed by atoms with Crippen LogP contribution in [-0.4, -0.2) is 16.2 Å². The van der Waals surface area contributed by atoms with Crippen LogP contribution in [0.4, 0.5) is 13.2 Å². The second kappa shape index (κ2) is 4.37. The van der Waals surface area contributed by atoms with Crippen LogP contribution in [0.1, 0.15) is 18.1 Å². The van der Waals surface area contributed by atoms with Crippen LogP contribution >= 0.6 is 11.6 Å². The summed E-state index contributed by atoms with van der Waals surface area (Å²) in [5.41, 5.74) is -0.663. The Morgan fingerprint density at radius 3 is 2.60 bits per heavy atom. The molecule has 0 amide bonds. The van der Waals surface area contributed by atoms with Gasteiger partial charge in [0.05, 0.1) is 11.7 Å². The molecule has 2 nitrogen and oxygen atoms in total. The highest BCUT2D eigenvalue weighted by Gasteiger charge is 2.31. The lowest BCUT2D eigenvalue weighted by atomic mass is 10.1. The van der Waals surface area contributed by atoms with E-state index in [4.69, 9.17) is 16.7 Å². The van der Waals surface area contributed by atoms with Crippen molar-refractivity contribution in [2.45, 2.75) is 25.6 Å². The molecule has 0 saturated heterocycles. The van der Waals surface area contributed by atoms with E-state index in [2.05, 4.69) is 4.98 Å². The minimum Gasteiger partial charge on any atom is -0.393 e. The maximum absolute atomic E-state index is 12.3. The quantitative estimate of drug-likeness (QED) is 0.805. The molecule has 0 aromatic carbocycles. The number of alkyl halides is 3. The molecule has 1 atom stereocenters. The minimum absolute atomic E-state index is 0.0103. The Bertz CT molecular complexity index is 352. The van der Waals surface area contributed by atoms with E-state index in [-0.39, 0.29) is 17.1 Å². The zero-order chi connectivity index (χ0) is 11.6. The summed E-state index contributed by atoms with van der Waals surface area (Å²) in [6.45, 7) is 1.47. The predicted molar refractivity (Wildman–Crippen MR) is 49.6 cm³/mol. The first-order chi connectivity index (χ1) is 6.80. The summed E-state index contributed by atoms with van der Waals surface area (Å²) < 4.78 is 36.9. The summed E-state index contributed by atoms with van der Waals surface area (Å²) in [6, 6.07) is 0.905. The third-order valence-electron chi connectivity index (χ3n) is 1.75. The molecule has 0 unspecified atom stereocenters. The number of halogens is 4. The number of aliphatic hydroxyl groups is 1. The summed E-state index contributed by atoms with van der Waals surface area (Å²) in [5.74, 6) is 0. The Morgan fingerprint density at radius 2 is 2.13 bits per heavy atom. The second-order valence-corrected chi connectivity index (χ2v) is 3.58. The fraction of sp³-hybridized carbons (Fsp3) is 0.444. The Kier molecular flexibility index (Phi) is 3.57. The molecule has 1 heterocycles. The molecule has 0 aliphatic heterocycles. The molecule has 0 bridgehead atoms. The van der Waals surface area contributed by atoms with Crippen molar-refractivity contribution in [3.05, 3.63) is 28.5 Å². The number of hydrogen-bond acceptors (Lipinski definition) is 2. The van der Waals surface area contributed by atoms with Crippen LogP contribution in [0.3, 0.4) is 0 Å². The van der Waals surface area contributed by atoms with E-state index in [1.807, 2.05) is 0 Å². The van der Waals surface area contributed by atoms with Crippen LogP contribution in [0, 0.1) is 0 Å². The van der Waals surface area contributed by atoms with Gasteiger partial charge in [0.15, 0.2) is 0 Å². The first-order valence-corrected chi connectivity index (χ1v) is 4.58. The van der Waals surface area contributed by atoms with Crippen LogP contribution < -0.4 is 0 Å². The van der Waals surface area contributed by atoms with Crippen molar-refractivity contribution in [2.24, 2.45) is 0 Å². The summed E-state index contributed by atoms with van der Waals surface area (Å²) >= 11 is 5.60. The summed E-state index contributed by atoms with van der Waals surface area (Å²) in [5, 5.41) is 9.05. The van der Waals surface area contributed by atoms with Gasteiger partial charge in [-0.3, -0.25) is 0 Å². The minimum atomic E-state index is -4.44. The Morgan fingerprint density at radius 1 is 1.53 bits per heavy atom. The van der Waals surface area contributed by atoms with E-state index in [0.717, 1.165) is 6.07 Å². The highest BCUT2D eigenvalue weighted by Crippen LogP contribution is 2.30. The lowest BCUT2D eigenvalue weighted by Crippen LogP contribution is -2.10. The zero-order valence-electron chi connectivity index (χ0n) is 7.85. The van der Waals surface area contributed by atoms with Gasteiger partial charge in [-0.25, -0.2) is 4.98 Å². The van der Waals surface area contributed by atoms with Gasteiger partial charge in [0.2, 0.25) is 0 Å². The third kappa shape index (κ3) is 3.35. The Balaban J connectivity index is 3.06. The first-order valence-electron chi connectivity index (χ1n) is 4.20. The third-order valence-corrected chi connectivity index (χ3v) is 2.09. The van der Waals surface area contributed by atoms with Crippen molar-refractivity contribution in [3.63, 3.8) is 0 Å². The number of aliphatic hydroxyl groups excluding tert-OH is 1. The molecule has 84 valence electrons. The molecule has 1 N–H and O–H groups in total.